The zero-order chi connectivity index (χ0) is 9.84. The predicted octanol–water partition coefficient (Wildman–Crippen LogP) is 2.12. The first kappa shape index (κ1) is 10.4. The van der Waals surface area contributed by atoms with Crippen molar-refractivity contribution in [2.45, 2.75) is 26.7 Å². The molecule has 0 aromatic rings. The van der Waals surface area contributed by atoms with Crippen molar-refractivity contribution in [1.29, 1.82) is 0 Å². The number of hydrogen-bond acceptors (Lipinski definition) is 2. The molecule has 0 unspecified atom stereocenters. The number of nitrogens with zero attached hydrogens (tertiary/aromatic N) is 1. The number of likely N-dealkylation sites (tertiary alicyclic amines) is 1. The Kier molecular flexibility index (Phi) is 3.58. The van der Waals surface area contributed by atoms with Gasteiger partial charge in [0.15, 0.2) is 0 Å². The average Bonchev–Trinajstić information content (AvgIpc) is 2.17. The summed E-state index contributed by atoms with van der Waals surface area (Å²) in [5.74, 6) is 1.51. The molecule has 0 saturated carbocycles. The summed E-state index contributed by atoms with van der Waals surface area (Å²) >= 11 is 0. The van der Waals surface area contributed by atoms with Crippen LogP contribution >= 0.6 is 0 Å². The SMILES string of the molecule is COC(=O)N1CCC(C(C)C)CC1. The molecule has 3 nitrogen and oxygen atoms in total. The number of ether oxygens (including phenoxy) is 1. The van der Waals surface area contributed by atoms with Gasteiger partial charge in [-0.1, -0.05) is 13.8 Å². The van der Waals surface area contributed by atoms with E-state index in [0.29, 0.717) is 0 Å². The molecule has 0 spiro atoms. The zero-order valence-corrected chi connectivity index (χ0v) is 8.75. The van der Waals surface area contributed by atoms with Crippen LogP contribution in [0.4, 0.5) is 4.79 Å². The van der Waals surface area contributed by atoms with E-state index in [4.69, 9.17) is 0 Å². The fraction of sp³-hybridized carbons (Fsp3) is 0.900. The lowest BCUT2D eigenvalue weighted by Gasteiger charge is -2.32. The molecule has 0 aromatic carbocycles. The van der Waals surface area contributed by atoms with Gasteiger partial charge in [0.25, 0.3) is 0 Å². The number of methoxy groups -OCH3 is 1. The lowest BCUT2D eigenvalue weighted by molar-refractivity contribution is 0.0994. The highest BCUT2D eigenvalue weighted by molar-refractivity contribution is 5.67. The van der Waals surface area contributed by atoms with Crippen LogP contribution in [0.25, 0.3) is 0 Å². The van der Waals surface area contributed by atoms with Crippen LogP contribution in [0.3, 0.4) is 0 Å². The molecular formula is C10H19NO2. The van der Waals surface area contributed by atoms with Gasteiger partial charge in [-0.05, 0) is 24.7 Å². The molecule has 0 bridgehead atoms. The van der Waals surface area contributed by atoms with Crippen molar-refractivity contribution >= 4 is 6.09 Å². The minimum absolute atomic E-state index is 0.179. The quantitative estimate of drug-likeness (QED) is 0.626. The molecule has 0 atom stereocenters. The van der Waals surface area contributed by atoms with Crippen molar-refractivity contribution in [3.8, 4) is 0 Å². The Morgan fingerprint density at radius 2 is 1.92 bits per heavy atom. The van der Waals surface area contributed by atoms with E-state index in [1.165, 1.54) is 7.11 Å². The van der Waals surface area contributed by atoms with Crippen molar-refractivity contribution in [3.63, 3.8) is 0 Å². The Balaban J connectivity index is 2.34. The van der Waals surface area contributed by atoms with Gasteiger partial charge in [0.2, 0.25) is 0 Å². The second kappa shape index (κ2) is 4.49. The van der Waals surface area contributed by atoms with Gasteiger partial charge in [0.1, 0.15) is 0 Å². The second-order valence-corrected chi connectivity index (χ2v) is 4.04. The third-order valence-electron chi connectivity index (χ3n) is 2.92. The van der Waals surface area contributed by atoms with Crippen LogP contribution in [-0.4, -0.2) is 31.2 Å². The summed E-state index contributed by atoms with van der Waals surface area (Å²) in [6.07, 6.45) is 2.06. The lowest BCUT2D eigenvalue weighted by atomic mass is 9.87. The molecule has 0 aliphatic carbocycles. The highest BCUT2D eigenvalue weighted by Gasteiger charge is 2.24. The van der Waals surface area contributed by atoms with Crippen LogP contribution < -0.4 is 0 Å². The molecule has 1 fully saturated rings. The Morgan fingerprint density at radius 3 is 2.31 bits per heavy atom. The second-order valence-electron chi connectivity index (χ2n) is 4.04. The molecule has 3 heteroatoms. The largest absolute Gasteiger partial charge is 0.453 e. The third-order valence-corrected chi connectivity index (χ3v) is 2.92. The number of carbonyl (C=O) groups is 1. The van der Waals surface area contributed by atoms with E-state index in [1.54, 1.807) is 4.90 Å². The number of hydrogen-bond donors (Lipinski definition) is 0. The first-order chi connectivity index (χ1) is 6.15. The maximum absolute atomic E-state index is 11.1. The Hall–Kier alpha value is -0.730. The third kappa shape index (κ3) is 2.61. The molecule has 13 heavy (non-hydrogen) atoms. The van der Waals surface area contributed by atoms with Gasteiger partial charge < -0.3 is 9.64 Å². The van der Waals surface area contributed by atoms with E-state index in [0.717, 1.165) is 37.8 Å². The first-order valence-electron chi connectivity index (χ1n) is 4.98. The summed E-state index contributed by atoms with van der Waals surface area (Å²) in [7, 11) is 1.44. The molecule has 1 rings (SSSR count). The fourth-order valence-corrected chi connectivity index (χ4v) is 1.88. The molecule has 1 aliphatic rings. The fourth-order valence-electron chi connectivity index (χ4n) is 1.88. The smallest absolute Gasteiger partial charge is 0.409 e. The maximum Gasteiger partial charge on any atom is 0.409 e. The van der Waals surface area contributed by atoms with Crippen molar-refractivity contribution in [2.24, 2.45) is 11.8 Å². The topological polar surface area (TPSA) is 29.5 Å². The van der Waals surface area contributed by atoms with Gasteiger partial charge in [-0.3, -0.25) is 0 Å². The first-order valence-corrected chi connectivity index (χ1v) is 4.98. The summed E-state index contributed by atoms with van der Waals surface area (Å²) in [5.41, 5.74) is 0. The standard InChI is InChI=1S/C10H19NO2/c1-8(2)9-4-6-11(7-5-9)10(12)13-3/h8-9H,4-7H2,1-3H3. The molecular weight excluding hydrogens is 166 g/mol. The van der Waals surface area contributed by atoms with Gasteiger partial charge in [-0.2, -0.15) is 0 Å². The van der Waals surface area contributed by atoms with E-state index in [-0.39, 0.29) is 6.09 Å². The van der Waals surface area contributed by atoms with Gasteiger partial charge in [-0.15, -0.1) is 0 Å². The highest BCUT2D eigenvalue weighted by Crippen LogP contribution is 2.24. The Labute approximate surface area is 80.1 Å². The Bertz CT molecular complexity index is 172. The van der Waals surface area contributed by atoms with Gasteiger partial charge >= 0.3 is 6.09 Å². The minimum atomic E-state index is -0.179. The normalized spacial score (nSPS) is 19.2. The van der Waals surface area contributed by atoms with Gasteiger partial charge in [0, 0.05) is 13.1 Å². The summed E-state index contributed by atoms with van der Waals surface area (Å²) in [5, 5.41) is 0. The molecule has 1 heterocycles. The van der Waals surface area contributed by atoms with Crippen LogP contribution in [0.15, 0.2) is 0 Å². The van der Waals surface area contributed by atoms with Crippen molar-refractivity contribution in [3.05, 3.63) is 0 Å². The van der Waals surface area contributed by atoms with Crippen LogP contribution in [0, 0.1) is 11.8 Å². The molecule has 0 aromatic heterocycles. The number of piperidine rings is 1. The van der Waals surface area contributed by atoms with E-state index < -0.39 is 0 Å². The molecule has 76 valence electrons. The molecule has 1 aliphatic heterocycles. The molecule has 1 saturated heterocycles. The van der Waals surface area contributed by atoms with E-state index in [9.17, 15) is 4.79 Å². The van der Waals surface area contributed by atoms with Crippen molar-refractivity contribution in [2.75, 3.05) is 20.2 Å². The van der Waals surface area contributed by atoms with E-state index in [2.05, 4.69) is 18.6 Å². The molecule has 1 amide bonds. The van der Waals surface area contributed by atoms with Crippen LogP contribution in [0.5, 0.6) is 0 Å². The highest BCUT2D eigenvalue weighted by atomic mass is 16.5. The van der Waals surface area contributed by atoms with Crippen molar-refractivity contribution < 1.29 is 9.53 Å². The summed E-state index contributed by atoms with van der Waals surface area (Å²) in [6, 6.07) is 0. The minimum Gasteiger partial charge on any atom is -0.453 e. The lowest BCUT2D eigenvalue weighted by Crippen LogP contribution is -2.39. The Morgan fingerprint density at radius 1 is 1.38 bits per heavy atom. The molecule has 0 radical (unpaired) electrons. The van der Waals surface area contributed by atoms with Crippen LogP contribution in [0.1, 0.15) is 26.7 Å². The summed E-state index contributed by atoms with van der Waals surface area (Å²) in [4.78, 5) is 12.9. The number of rotatable bonds is 1. The van der Waals surface area contributed by atoms with Crippen molar-refractivity contribution in [1.82, 2.24) is 4.90 Å². The maximum atomic E-state index is 11.1. The van der Waals surface area contributed by atoms with Gasteiger partial charge in [0.05, 0.1) is 7.11 Å². The van der Waals surface area contributed by atoms with E-state index >= 15 is 0 Å². The summed E-state index contributed by atoms with van der Waals surface area (Å²) in [6.45, 7) is 6.21. The summed E-state index contributed by atoms with van der Waals surface area (Å²) < 4.78 is 4.67. The number of carbonyl (C=O) groups excluding carboxylic acids is 1. The monoisotopic (exact) mass is 185 g/mol. The van der Waals surface area contributed by atoms with Crippen LogP contribution in [-0.2, 0) is 4.74 Å². The van der Waals surface area contributed by atoms with Crippen LogP contribution in [0.2, 0.25) is 0 Å². The van der Waals surface area contributed by atoms with E-state index in [1.807, 2.05) is 0 Å². The average molecular weight is 185 g/mol. The zero-order valence-electron chi connectivity index (χ0n) is 8.75. The molecule has 0 N–H and O–H groups in total. The van der Waals surface area contributed by atoms with Gasteiger partial charge in [-0.25, -0.2) is 4.79 Å². The predicted molar refractivity (Wildman–Crippen MR) is 51.5 cm³/mol. The number of amides is 1.